The third-order valence-electron chi connectivity index (χ3n) is 3.13. The lowest BCUT2D eigenvalue weighted by atomic mass is 10.2. The molecule has 0 fully saturated rings. The second kappa shape index (κ2) is 5.60. The smallest absolute Gasteiger partial charge is 0.0852 e. The number of aliphatic hydroxyl groups is 1. The zero-order valence-electron chi connectivity index (χ0n) is 10.5. The second-order valence-electron chi connectivity index (χ2n) is 4.43. The van der Waals surface area contributed by atoms with Gasteiger partial charge in [-0.2, -0.15) is 0 Å². The summed E-state index contributed by atoms with van der Waals surface area (Å²) in [5, 5.41) is 14.0. The van der Waals surface area contributed by atoms with Gasteiger partial charge in [-0.05, 0) is 46.3 Å². The molecule has 1 heterocycles. The van der Waals surface area contributed by atoms with Gasteiger partial charge in [0.1, 0.15) is 0 Å². The van der Waals surface area contributed by atoms with E-state index in [1.54, 1.807) is 0 Å². The number of H-pyrrole nitrogens is 1. The highest BCUT2D eigenvalue weighted by Gasteiger charge is 2.12. The van der Waals surface area contributed by atoms with E-state index in [1.165, 1.54) is 0 Å². The van der Waals surface area contributed by atoms with E-state index in [0.29, 0.717) is 0 Å². The number of aliphatic hydroxyl groups excluding tert-OH is 1. The van der Waals surface area contributed by atoms with Crippen LogP contribution in [0, 0.1) is 0 Å². The summed E-state index contributed by atoms with van der Waals surface area (Å²) in [4.78, 5) is 3.23. The molecule has 0 radical (unpaired) electrons. The van der Waals surface area contributed by atoms with Gasteiger partial charge in [-0.1, -0.05) is 28.1 Å². The molecule has 3 aromatic rings. The topological polar surface area (TPSA) is 48.0 Å². The first-order valence-electron chi connectivity index (χ1n) is 6.11. The minimum Gasteiger partial charge on any atom is -0.390 e. The molecule has 0 spiro atoms. The van der Waals surface area contributed by atoms with Gasteiger partial charge in [-0.15, -0.1) is 0 Å². The van der Waals surface area contributed by atoms with Crippen LogP contribution in [0.1, 0.15) is 5.69 Å². The van der Waals surface area contributed by atoms with Crippen molar-refractivity contribution in [2.75, 3.05) is 5.32 Å². The number of rotatable bonds is 3. The predicted octanol–water partition coefficient (Wildman–Crippen LogP) is 4.93. The summed E-state index contributed by atoms with van der Waals surface area (Å²) in [6, 6.07) is 13.9. The molecule has 0 bridgehead atoms. The molecule has 0 aliphatic heterocycles. The molecule has 0 amide bonds. The quantitative estimate of drug-likeness (QED) is 0.588. The number of hydrogen-bond acceptors (Lipinski definition) is 2. The number of hydrogen-bond donors (Lipinski definition) is 3. The van der Waals surface area contributed by atoms with E-state index in [2.05, 4.69) is 42.2 Å². The third kappa shape index (κ3) is 2.49. The van der Waals surface area contributed by atoms with Crippen LogP contribution in [0.5, 0.6) is 0 Å². The van der Waals surface area contributed by atoms with Crippen molar-refractivity contribution in [3.05, 3.63) is 57.1 Å². The highest BCUT2D eigenvalue weighted by molar-refractivity contribution is 9.10. The van der Waals surface area contributed by atoms with Crippen molar-refractivity contribution in [2.24, 2.45) is 0 Å². The Labute approximate surface area is 133 Å². The summed E-state index contributed by atoms with van der Waals surface area (Å²) >= 11 is 7.01. The fourth-order valence-corrected chi connectivity index (χ4v) is 2.92. The van der Waals surface area contributed by atoms with Crippen LogP contribution < -0.4 is 5.32 Å². The van der Waals surface area contributed by atoms with E-state index >= 15 is 0 Å². The van der Waals surface area contributed by atoms with Gasteiger partial charge >= 0.3 is 0 Å². The molecule has 102 valence electrons. The fourth-order valence-electron chi connectivity index (χ4n) is 2.18. The average Bonchev–Trinajstić information content (AvgIpc) is 2.79. The lowest BCUT2D eigenvalue weighted by Crippen LogP contribution is -1.95. The highest BCUT2D eigenvalue weighted by Crippen LogP contribution is 2.34. The Bertz CT molecular complexity index is 768. The number of nitrogens with one attached hydrogen (secondary N) is 2. The largest absolute Gasteiger partial charge is 0.390 e. The van der Waals surface area contributed by atoms with Crippen molar-refractivity contribution in [1.82, 2.24) is 4.98 Å². The standard InChI is InChI=1S/C15H12Br2N2O/c16-9-5-6-12-10(7-9)15(14(8-20)18-12)19-13-4-2-1-3-11(13)17/h1-7,18-20H,8H2. The van der Waals surface area contributed by atoms with E-state index < -0.39 is 0 Å². The number of benzene rings is 2. The fraction of sp³-hybridized carbons (Fsp3) is 0.0667. The number of anilines is 2. The maximum Gasteiger partial charge on any atom is 0.0852 e. The zero-order valence-corrected chi connectivity index (χ0v) is 13.6. The Kier molecular flexibility index (Phi) is 3.83. The monoisotopic (exact) mass is 394 g/mol. The Balaban J connectivity index is 2.14. The molecule has 2 aromatic carbocycles. The van der Waals surface area contributed by atoms with Crippen LogP contribution in [-0.4, -0.2) is 10.1 Å². The molecule has 0 saturated heterocycles. The molecule has 3 nitrogen and oxygen atoms in total. The summed E-state index contributed by atoms with van der Waals surface area (Å²) in [7, 11) is 0. The van der Waals surface area contributed by atoms with Crippen molar-refractivity contribution >= 4 is 54.1 Å². The van der Waals surface area contributed by atoms with Crippen molar-refractivity contribution in [1.29, 1.82) is 0 Å². The van der Waals surface area contributed by atoms with Crippen LogP contribution in [0.15, 0.2) is 51.4 Å². The molecule has 0 atom stereocenters. The average molecular weight is 396 g/mol. The van der Waals surface area contributed by atoms with Crippen LogP contribution in [-0.2, 0) is 6.61 Å². The third-order valence-corrected chi connectivity index (χ3v) is 4.31. The van der Waals surface area contributed by atoms with Gasteiger partial charge in [0.25, 0.3) is 0 Å². The number of halogens is 2. The van der Waals surface area contributed by atoms with Crippen molar-refractivity contribution in [2.45, 2.75) is 6.61 Å². The maximum atomic E-state index is 9.54. The first-order chi connectivity index (χ1) is 9.69. The van der Waals surface area contributed by atoms with Gasteiger partial charge in [0, 0.05) is 19.8 Å². The zero-order chi connectivity index (χ0) is 14.1. The summed E-state index contributed by atoms with van der Waals surface area (Å²) in [6.45, 7) is -0.0426. The SMILES string of the molecule is OCc1[nH]c2ccc(Br)cc2c1Nc1ccccc1Br. The highest BCUT2D eigenvalue weighted by atomic mass is 79.9. The van der Waals surface area contributed by atoms with Gasteiger partial charge in [-0.3, -0.25) is 0 Å². The number of aromatic amines is 1. The van der Waals surface area contributed by atoms with E-state index in [0.717, 1.165) is 36.9 Å². The van der Waals surface area contributed by atoms with Crippen molar-refractivity contribution < 1.29 is 5.11 Å². The van der Waals surface area contributed by atoms with Gasteiger partial charge in [-0.25, -0.2) is 0 Å². The Morgan fingerprint density at radius 1 is 1.10 bits per heavy atom. The van der Waals surface area contributed by atoms with Crippen LogP contribution in [0.3, 0.4) is 0 Å². The van der Waals surface area contributed by atoms with E-state index in [-0.39, 0.29) is 6.61 Å². The molecule has 3 rings (SSSR count). The van der Waals surface area contributed by atoms with Gasteiger partial charge in [0.2, 0.25) is 0 Å². The summed E-state index contributed by atoms with van der Waals surface area (Å²) < 4.78 is 1.98. The molecule has 0 aliphatic rings. The van der Waals surface area contributed by atoms with Crippen LogP contribution >= 0.6 is 31.9 Å². The number of fused-ring (bicyclic) bond motifs is 1. The minimum atomic E-state index is -0.0426. The van der Waals surface area contributed by atoms with E-state index in [4.69, 9.17) is 0 Å². The van der Waals surface area contributed by atoms with Crippen LogP contribution in [0.4, 0.5) is 11.4 Å². The summed E-state index contributed by atoms with van der Waals surface area (Å²) in [5.74, 6) is 0. The minimum absolute atomic E-state index is 0.0426. The summed E-state index contributed by atoms with van der Waals surface area (Å²) in [6.07, 6.45) is 0. The molecule has 0 unspecified atom stereocenters. The predicted molar refractivity (Wildman–Crippen MR) is 89.3 cm³/mol. The van der Waals surface area contributed by atoms with E-state index in [9.17, 15) is 5.11 Å². The van der Waals surface area contributed by atoms with Gasteiger partial charge < -0.3 is 15.4 Å². The molecule has 5 heteroatoms. The first-order valence-corrected chi connectivity index (χ1v) is 7.70. The molecule has 20 heavy (non-hydrogen) atoms. The molecule has 1 aromatic heterocycles. The lowest BCUT2D eigenvalue weighted by Gasteiger charge is -2.09. The van der Waals surface area contributed by atoms with E-state index in [1.807, 2.05) is 42.5 Å². The Morgan fingerprint density at radius 3 is 2.65 bits per heavy atom. The number of aromatic nitrogens is 1. The molecular formula is C15H12Br2N2O. The number of para-hydroxylation sites is 1. The molecule has 0 aliphatic carbocycles. The second-order valence-corrected chi connectivity index (χ2v) is 6.20. The normalized spacial score (nSPS) is 10.9. The Morgan fingerprint density at radius 2 is 1.90 bits per heavy atom. The van der Waals surface area contributed by atoms with Crippen LogP contribution in [0.25, 0.3) is 10.9 Å². The maximum absolute atomic E-state index is 9.54. The summed E-state index contributed by atoms with van der Waals surface area (Å²) in [5.41, 5.74) is 3.62. The van der Waals surface area contributed by atoms with Crippen LogP contribution in [0.2, 0.25) is 0 Å². The van der Waals surface area contributed by atoms with Crippen molar-refractivity contribution in [3.8, 4) is 0 Å². The molecular weight excluding hydrogens is 384 g/mol. The molecule has 3 N–H and O–H groups in total. The lowest BCUT2D eigenvalue weighted by molar-refractivity contribution is 0.278. The molecule has 0 saturated carbocycles. The first kappa shape index (κ1) is 13.7. The van der Waals surface area contributed by atoms with Gasteiger partial charge in [0.05, 0.1) is 23.7 Å². The van der Waals surface area contributed by atoms with Crippen molar-refractivity contribution in [3.63, 3.8) is 0 Å². The van der Waals surface area contributed by atoms with Gasteiger partial charge in [0.15, 0.2) is 0 Å². The Hall–Kier alpha value is -1.30.